The van der Waals surface area contributed by atoms with Gasteiger partial charge in [-0.05, 0) is 18.2 Å². The average molecular weight is 519 g/mol. The van der Waals surface area contributed by atoms with Gasteiger partial charge in [-0.25, -0.2) is 9.37 Å². The minimum Gasteiger partial charge on any atom is -0.493 e. The van der Waals surface area contributed by atoms with Crippen LogP contribution < -0.4 is 9.47 Å². The fourth-order valence-corrected chi connectivity index (χ4v) is 5.21. The fourth-order valence-electron chi connectivity index (χ4n) is 4.98. The molecule has 1 aromatic carbocycles. The zero-order valence-electron chi connectivity index (χ0n) is 19.5. The number of hydrogen-bond acceptors (Lipinski definition) is 8. The van der Waals surface area contributed by atoms with Crippen LogP contribution in [0.5, 0.6) is 11.8 Å². The number of ether oxygens (including phenoxy) is 4. The molecule has 5 heterocycles. The Morgan fingerprint density at radius 2 is 2.03 bits per heavy atom. The lowest BCUT2D eigenvalue weighted by molar-refractivity contribution is 0.00706. The lowest BCUT2D eigenvalue weighted by Crippen LogP contribution is -2.34. The van der Waals surface area contributed by atoms with E-state index in [1.807, 2.05) is 0 Å². The van der Waals surface area contributed by atoms with Gasteiger partial charge in [0.2, 0.25) is 0 Å². The quantitative estimate of drug-likeness (QED) is 0.527. The molecule has 190 valence electrons. The predicted molar refractivity (Wildman–Crippen MR) is 125 cm³/mol. The van der Waals surface area contributed by atoms with E-state index < -0.39 is 24.1 Å². The molecule has 0 spiro atoms. The van der Waals surface area contributed by atoms with Crippen LogP contribution in [0.3, 0.4) is 0 Å². The number of fused-ring (bicyclic) bond motifs is 3. The maximum absolute atomic E-state index is 15.0. The van der Waals surface area contributed by atoms with Crippen molar-refractivity contribution in [3.8, 4) is 11.8 Å². The Hall–Kier alpha value is -2.99. The van der Waals surface area contributed by atoms with Gasteiger partial charge < -0.3 is 33.9 Å². The molecule has 10 nitrogen and oxygen atoms in total. The van der Waals surface area contributed by atoms with Crippen molar-refractivity contribution in [2.75, 3.05) is 33.9 Å². The lowest BCUT2D eigenvalue weighted by atomic mass is 9.94. The van der Waals surface area contributed by atoms with Crippen molar-refractivity contribution >= 4 is 28.7 Å². The van der Waals surface area contributed by atoms with Gasteiger partial charge in [-0.3, -0.25) is 4.79 Å². The van der Waals surface area contributed by atoms with Gasteiger partial charge in [0.05, 0.1) is 36.1 Å². The van der Waals surface area contributed by atoms with Crippen LogP contribution in [-0.2, 0) is 15.9 Å². The number of nitrogens with one attached hydrogen (secondary N) is 1. The predicted octanol–water partition coefficient (Wildman–Crippen LogP) is 2.08. The number of amides is 1. The first-order valence-electron chi connectivity index (χ1n) is 11.6. The molecular weight excluding hydrogens is 495 g/mol. The van der Waals surface area contributed by atoms with Gasteiger partial charge in [0.25, 0.3) is 11.9 Å². The molecule has 1 amide bonds. The molecule has 3 aromatic rings. The Bertz CT molecular complexity index is 1350. The molecule has 12 heteroatoms. The summed E-state index contributed by atoms with van der Waals surface area (Å²) in [6.45, 7) is 0.724. The van der Waals surface area contributed by atoms with Crippen molar-refractivity contribution in [2.45, 2.75) is 36.8 Å². The highest BCUT2D eigenvalue weighted by Gasteiger charge is 2.48. The number of H-pyrrole nitrogens is 1. The summed E-state index contributed by atoms with van der Waals surface area (Å²) in [6, 6.07) is 4.75. The molecular formula is C24H24ClFN4O6. The highest BCUT2D eigenvalue weighted by Crippen LogP contribution is 2.40. The number of aromatic nitrogens is 3. The van der Waals surface area contributed by atoms with Crippen LogP contribution in [0.1, 0.15) is 27.5 Å². The number of aromatic amines is 1. The second kappa shape index (κ2) is 8.84. The lowest BCUT2D eigenvalue weighted by Gasteiger charge is -2.15. The molecule has 0 saturated carbocycles. The first-order valence-corrected chi connectivity index (χ1v) is 12.0. The second-order valence-electron chi connectivity index (χ2n) is 9.43. The number of aliphatic hydroxyl groups is 1. The van der Waals surface area contributed by atoms with Crippen molar-refractivity contribution in [1.29, 1.82) is 0 Å². The topological polar surface area (TPSA) is 119 Å². The number of imidazole rings is 1. The smallest absolute Gasteiger partial charge is 0.296 e. The maximum Gasteiger partial charge on any atom is 0.296 e. The van der Waals surface area contributed by atoms with Crippen LogP contribution in [0.25, 0.3) is 11.2 Å². The summed E-state index contributed by atoms with van der Waals surface area (Å²) in [5.74, 6) is -0.761. The van der Waals surface area contributed by atoms with Gasteiger partial charge in [-0.1, -0.05) is 11.6 Å². The maximum atomic E-state index is 15.0. The van der Waals surface area contributed by atoms with Crippen molar-refractivity contribution in [2.24, 2.45) is 0 Å². The number of aliphatic hydroxyl groups excluding tert-OH is 1. The van der Waals surface area contributed by atoms with Gasteiger partial charge >= 0.3 is 0 Å². The Kier molecular flexibility index (Phi) is 5.75. The van der Waals surface area contributed by atoms with Gasteiger partial charge in [0, 0.05) is 37.6 Å². The van der Waals surface area contributed by atoms with E-state index in [1.165, 1.54) is 11.0 Å². The summed E-state index contributed by atoms with van der Waals surface area (Å²) in [7, 11) is 3.22. The molecule has 0 radical (unpaired) electrons. The molecule has 2 saturated heterocycles. The third-order valence-electron chi connectivity index (χ3n) is 6.76. The summed E-state index contributed by atoms with van der Waals surface area (Å²) < 4.78 is 37.9. The second-order valence-corrected chi connectivity index (χ2v) is 9.84. The van der Waals surface area contributed by atoms with Gasteiger partial charge in [-0.2, -0.15) is 4.98 Å². The molecule has 2 aromatic heterocycles. The highest BCUT2D eigenvalue weighted by atomic mass is 35.5. The largest absolute Gasteiger partial charge is 0.493 e. The van der Waals surface area contributed by atoms with Crippen LogP contribution in [0.15, 0.2) is 18.2 Å². The Labute approximate surface area is 210 Å². The van der Waals surface area contributed by atoms with Crippen molar-refractivity contribution < 1.29 is 33.2 Å². The number of carbonyl (C=O) groups is 1. The summed E-state index contributed by atoms with van der Waals surface area (Å²) in [6.07, 6.45) is -1.54. The van der Waals surface area contributed by atoms with E-state index in [4.69, 9.17) is 30.5 Å². The third-order valence-corrected chi connectivity index (χ3v) is 7.08. The standard InChI is InChI=1S/C24H24ClFN4O6/c1-30(2)23(32)10-3-13(26)19-11(7-33-17(19)5-10)4-14-12(25)6-15-22(27-14)29-24(28-15)36-18-9-35-20-16(31)8-34-21(18)20/h3,5-6,11,16,18,20-21,31H,4,7-9H2,1-2H3,(H,27,28,29)/t11-,16+,18+,20+,21+/m0/s1. The molecule has 3 aliphatic rings. The summed E-state index contributed by atoms with van der Waals surface area (Å²) in [5.41, 5.74) is 2.17. The van der Waals surface area contributed by atoms with E-state index in [0.29, 0.717) is 39.6 Å². The molecule has 36 heavy (non-hydrogen) atoms. The van der Waals surface area contributed by atoms with Crippen LogP contribution >= 0.6 is 11.6 Å². The van der Waals surface area contributed by atoms with E-state index in [2.05, 4.69) is 15.0 Å². The van der Waals surface area contributed by atoms with Gasteiger partial charge in [0.15, 0.2) is 11.8 Å². The third kappa shape index (κ3) is 3.96. The minimum absolute atomic E-state index is 0.206. The average Bonchev–Trinajstić information content (AvgIpc) is 3.60. The molecule has 3 aliphatic heterocycles. The van der Waals surface area contributed by atoms with Crippen LogP contribution in [0.4, 0.5) is 4.39 Å². The van der Waals surface area contributed by atoms with Gasteiger partial charge in [-0.15, -0.1) is 0 Å². The Morgan fingerprint density at radius 1 is 1.22 bits per heavy atom. The first-order chi connectivity index (χ1) is 17.3. The number of benzene rings is 1. The zero-order valence-corrected chi connectivity index (χ0v) is 20.3. The van der Waals surface area contributed by atoms with E-state index in [9.17, 15) is 9.90 Å². The van der Waals surface area contributed by atoms with Crippen molar-refractivity contribution in [3.63, 3.8) is 0 Å². The number of pyridine rings is 1. The zero-order chi connectivity index (χ0) is 25.1. The SMILES string of the molecule is CN(C)C(=O)c1cc(F)c2c(c1)OC[C@@H]2Cc1nc2nc(O[C@@H]3CO[C@H]4[C@@H]3OC[C@H]4O)[nH]c2cc1Cl. The van der Waals surface area contributed by atoms with Crippen LogP contribution in [0.2, 0.25) is 5.02 Å². The highest BCUT2D eigenvalue weighted by molar-refractivity contribution is 6.31. The minimum atomic E-state index is -0.670. The molecule has 0 aliphatic carbocycles. The molecule has 0 unspecified atom stereocenters. The van der Waals surface area contributed by atoms with Crippen LogP contribution in [0, 0.1) is 5.82 Å². The number of hydrogen-bond donors (Lipinski definition) is 2. The summed E-state index contributed by atoms with van der Waals surface area (Å²) >= 11 is 6.52. The molecule has 2 fully saturated rings. The van der Waals surface area contributed by atoms with Crippen molar-refractivity contribution in [3.05, 3.63) is 45.9 Å². The molecule has 6 rings (SSSR count). The number of rotatable bonds is 5. The number of halogens is 2. The summed E-state index contributed by atoms with van der Waals surface area (Å²) in [5, 5.41) is 10.3. The summed E-state index contributed by atoms with van der Waals surface area (Å²) in [4.78, 5) is 25.7. The number of nitrogens with zero attached hydrogens (tertiary/aromatic N) is 3. The first kappa shape index (κ1) is 23.4. The fraction of sp³-hybridized carbons (Fsp3) is 0.458. The monoisotopic (exact) mass is 518 g/mol. The van der Waals surface area contributed by atoms with E-state index in [-0.39, 0.29) is 49.3 Å². The van der Waals surface area contributed by atoms with Crippen LogP contribution in [-0.4, -0.2) is 89.2 Å². The van der Waals surface area contributed by atoms with E-state index in [1.54, 1.807) is 26.2 Å². The Balaban J connectivity index is 1.22. The molecule has 2 N–H and O–H groups in total. The van der Waals surface area contributed by atoms with E-state index in [0.717, 1.165) is 0 Å². The number of carbonyl (C=O) groups excluding carboxylic acids is 1. The van der Waals surface area contributed by atoms with E-state index >= 15 is 4.39 Å². The van der Waals surface area contributed by atoms with Crippen molar-refractivity contribution in [1.82, 2.24) is 19.9 Å². The normalized spacial score (nSPS) is 26.6. The van der Waals surface area contributed by atoms with Gasteiger partial charge in [0.1, 0.15) is 29.9 Å². The molecule has 5 atom stereocenters. The molecule has 0 bridgehead atoms. The Morgan fingerprint density at radius 3 is 2.83 bits per heavy atom.